The largest absolute Gasteiger partial charge is 0.0753 e. The van der Waals surface area contributed by atoms with Gasteiger partial charge in [-0.05, 0) is 31.6 Å². The summed E-state index contributed by atoms with van der Waals surface area (Å²) in [5.74, 6) is 0. The average molecular weight is 237 g/mol. The molecule has 0 unspecified atom stereocenters. The van der Waals surface area contributed by atoms with Gasteiger partial charge in [0.05, 0.1) is 0 Å². The lowest BCUT2D eigenvalue weighted by molar-refractivity contribution is 1.39. The molecular formula is C12H13Br. The Labute approximate surface area is 88.1 Å². The van der Waals surface area contributed by atoms with Crippen LogP contribution in [0.15, 0.2) is 46.5 Å². The molecule has 0 spiro atoms. The molecule has 1 aromatic rings. The number of halogens is 1. The monoisotopic (exact) mass is 236 g/mol. The fourth-order valence-corrected chi connectivity index (χ4v) is 1.75. The molecule has 0 saturated heterocycles. The topological polar surface area (TPSA) is 0 Å². The van der Waals surface area contributed by atoms with Crippen LogP contribution in [0.25, 0.3) is 6.08 Å². The minimum Gasteiger partial charge on any atom is -0.0753 e. The molecule has 1 heteroatoms. The quantitative estimate of drug-likeness (QED) is 0.669. The van der Waals surface area contributed by atoms with Gasteiger partial charge in [-0.3, -0.25) is 0 Å². The summed E-state index contributed by atoms with van der Waals surface area (Å²) in [7, 11) is 0. The van der Waals surface area contributed by atoms with Crippen LogP contribution in [0.3, 0.4) is 0 Å². The Morgan fingerprint density at radius 3 is 2.31 bits per heavy atom. The summed E-state index contributed by atoms with van der Waals surface area (Å²) in [6.07, 6.45) is 4.21. The summed E-state index contributed by atoms with van der Waals surface area (Å²) in [6.45, 7) is 4.17. The highest BCUT2D eigenvalue weighted by Crippen LogP contribution is 2.14. The van der Waals surface area contributed by atoms with E-state index < -0.39 is 0 Å². The van der Waals surface area contributed by atoms with Crippen molar-refractivity contribution in [1.29, 1.82) is 0 Å². The van der Waals surface area contributed by atoms with Crippen LogP contribution in [-0.2, 0) is 0 Å². The number of hydrogen-bond donors (Lipinski definition) is 0. The van der Waals surface area contributed by atoms with E-state index in [1.54, 1.807) is 0 Å². The van der Waals surface area contributed by atoms with Gasteiger partial charge in [-0.1, -0.05) is 51.8 Å². The Morgan fingerprint density at radius 2 is 1.77 bits per heavy atom. The van der Waals surface area contributed by atoms with Crippen molar-refractivity contribution in [2.24, 2.45) is 0 Å². The Bertz CT molecular complexity index is 316. The van der Waals surface area contributed by atoms with E-state index >= 15 is 0 Å². The predicted octanol–water partition coefficient (Wildman–Crippen LogP) is 4.39. The standard InChI is InChI=1S/C12H13Br/c1-10(2)8-12(13)9-11-6-4-3-5-7-11/h3-9H,1-2H3/b12-9+. The lowest BCUT2D eigenvalue weighted by Crippen LogP contribution is -1.71. The van der Waals surface area contributed by atoms with E-state index in [-0.39, 0.29) is 0 Å². The molecule has 1 aromatic carbocycles. The normalized spacial score (nSPS) is 11.2. The van der Waals surface area contributed by atoms with Crippen molar-refractivity contribution in [3.63, 3.8) is 0 Å². The maximum atomic E-state index is 3.50. The zero-order valence-corrected chi connectivity index (χ0v) is 9.51. The molecular weight excluding hydrogens is 224 g/mol. The zero-order chi connectivity index (χ0) is 9.68. The second-order valence-electron chi connectivity index (χ2n) is 3.16. The van der Waals surface area contributed by atoms with Gasteiger partial charge in [0.1, 0.15) is 0 Å². The third kappa shape index (κ3) is 4.09. The van der Waals surface area contributed by atoms with Gasteiger partial charge in [0.25, 0.3) is 0 Å². The van der Waals surface area contributed by atoms with Crippen LogP contribution in [-0.4, -0.2) is 0 Å². The number of hydrogen-bond acceptors (Lipinski definition) is 0. The van der Waals surface area contributed by atoms with Crippen molar-refractivity contribution in [3.8, 4) is 0 Å². The zero-order valence-electron chi connectivity index (χ0n) is 7.92. The molecule has 0 N–H and O–H groups in total. The lowest BCUT2D eigenvalue weighted by Gasteiger charge is -1.94. The number of allylic oxidation sites excluding steroid dienone is 3. The Morgan fingerprint density at radius 1 is 1.15 bits per heavy atom. The van der Waals surface area contributed by atoms with E-state index in [2.05, 4.69) is 54.1 Å². The summed E-state index contributed by atoms with van der Waals surface area (Å²) in [4.78, 5) is 0. The fraction of sp³-hybridized carbons (Fsp3) is 0.167. The third-order valence-corrected chi connectivity index (χ3v) is 1.99. The minimum absolute atomic E-state index is 1.11. The molecule has 0 heterocycles. The van der Waals surface area contributed by atoms with Gasteiger partial charge >= 0.3 is 0 Å². The molecule has 0 bridgehead atoms. The fourth-order valence-electron chi connectivity index (χ4n) is 1.03. The lowest BCUT2D eigenvalue weighted by atomic mass is 10.2. The van der Waals surface area contributed by atoms with Crippen molar-refractivity contribution in [2.45, 2.75) is 13.8 Å². The first-order chi connectivity index (χ1) is 6.18. The number of benzene rings is 1. The summed E-state index contributed by atoms with van der Waals surface area (Å²) in [6, 6.07) is 10.3. The molecule has 0 aliphatic carbocycles. The van der Waals surface area contributed by atoms with E-state index in [0.717, 1.165) is 4.48 Å². The summed E-state index contributed by atoms with van der Waals surface area (Å²) >= 11 is 3.50. The molecule has 0 nitrogen and oxygen atoms in total. The molecule has 0 atom stereocenters. The second kappa shape index (κ2) is 5.03. The van der Waals surface area contributed by atoms with E-state index in [1.807, 2.05) is 18.2 Å². The van der Waals surface area contributed by atoms with Gasteiger partial charge < -0.3 is 0 Å². The van der Waals surface area contributed by atoms with Gasteiger partial charge in [0.15, 0.2) is 0 Å². The predicted molar refractivity (Wildman–Crippen MR) is 62.8 cm³/mol. The highest BCUT2D eigenvalue weighted by atomic mass is 79.9. The highest BCUT2D eigenvalue weighted by molar-refractivity contribution is 9.12. The molecule has 0 saturated carbocycles. The Kier molecular flexibility index (Phi) is 3.97. The maximum absolute atomic E-state index is 3.50. The molecule has 0 fully saturated rings. The van der Waals surface area contributed by atoms with Gasteiger partial charge in [-0.15, -0.1) is 0 Å². The molecule has 1 rings (SSSR count). The molecule has 0 radical (unpaired) electrons. The molecule has 13 heavy (non-hydrogen) atoms. The maximum Gasteiger partial charge on any atom is 0.0180 e. The van der Waals surface area contributed by atoms with Crippen LogP contribution in [0.1, 0.15) is 19.4 Å². The van der Waals surface area contributed by atoms with Crippen molar-refractivity contribution in [1.82, 2.24) is 0 Å². The molecule has 68 valence electrons. The van der Waals surface area contributed by atoms with E-state index in [9.17, 15) is 0 Å². The van der Waals surface area contributed by atoms with Crippen LogP contribution in [0, 0.1) is 0 Å². The van der Waals surface area contributed by atoms with Crippen LogP contribution < -0.4 is 0 Å². The SMILES string of the molecule is CC(C)=C/C(Br)=C\c1ccccc1. The number of rotatable bonds is 2. The molecule has 0 aliphatic heterocycles. The first kappa shape index (κ1) is 10.3. The first-order valence-corrected chi connectivity index (χ1v) is 5.05. The van der Waals surface area contributed by atoms with Crippen molar-refractivity contribution < 1.29 is 0 Å². The average Bonchev–Trinajstić information content (AvgIpc) is 2.04. The van der Waals surface area contributed by atoms with Gasteiger partial charge in [0.2, 0.25) is 0 Å². The summed E-state index contributed by atoms with van der Waals surface area (Å²) in [5.41, 5.74) is 2.51. The highest BCUT2D eigenvalue weighted by Gasteiger charge is 1.88. The van der Waals surface area contributed by atoms with Crippen LogP contribution >= 0.6 is 15.9 Å². The molecule has 0 aromatic heterocycles. The minimum atomic E-state index is 1.11. The van der Waals surface area contributed by atoms with Gasteiger partial charge in [0, 0.05) is 4.48 Å². The smallest absolute Gasteiger partial charge is 0.0180 e. The molecule has 0 amide bonds. The van der Waals surface area contributed by atoms with Crippen molar-refractivity contribution in [3.05, 3.63) is 52.0 Å². The molecule has 0 aliphatic rings. The van der Waals surface area contributed by atoms with Crippen molar-refractivity contribution in [2.75, 3.05) is 0 Å². The van der Waals surface area contributed by atoms with E-state index in [1.165, 1.54) is 11.1 Å². The van der Waals surface area contributed by atoms with Gasteiger partial charge in [-0.25, -0.2) is 0 Å². The third-order valence-electron chi connectivity index (χ3n) is 1.53. The van der Waals surface area contributed by atoms with Crippen LogP contribution in [0.5, 0.6) is 0 Å². The Hall–Kier alpha value is -0.820. The van der Waals surface area contributed by atoms with Crippen LogP contribution in [0.4, 0.5) is 0 Å². The first-order valence-electron chi connectivity index (χ1n) is 4.25. The second-order valence-corrected chi connectivity index (χ2v) is 4.08. The Balaban J connectivity index is 2.83. The van der Waals surface area contributed by atoms with Crippen LogP contribution in [0.2, 0.25) is 0 Å². The summed E-state index contributed by atoms with van der Waals surface area (Å²) in [5, 5.41) is 0. The van der Waals surface area contributed by atoms with Gasteiger partial charge in [-0.2, -0.15) is 0 Å². The van der Waals surface area contributed by atoms with Crippen molar-refractivity contribution >= 4 is 22.0 Å². The summed E-state index contributed by atoms with van der Waals surface area (Å²) < 4.78 is 1.11. The van der Waals surface area contributed by atoms with E-state index in [4.69, 9.17) is 0 Å². The van der Waals surface area contributed by atoms with E-state index in [0.29, 0.717) is 0 Å².